The normalized spacial score (nSPS) is 11.9. The van der Waals surface area contributed by atoms with Gasteiger partial charge < -0.3 is 15.7 Å². The third-order valence-corrected chi connectivity index (χ3v) is 4.79. The Morgan fingerprint density at radius 3 is 2.72 bits per heavy atom. The molecule has 3 aromatic rings. The van der Waals surface area contributed by atoms with E-state index in [0.29, 0.717) is 5.69 Å². The number of aliphatic hydroxyl groups excluding tert-OH is 1. The molecule has 1 atom stereocenters. The van der Waals surface area contributed by atoms with Crippen LogP contribution in [-0.4, -0.2) is 23.5 Å². The molecule has 0 spiro atoms. The summed E-state index contributed by atoms with van der Waals surface area (Å²) in [6, 6.07) is 14.9. The molecule has 0 aliphatic rings. The zero-order chi connectivity index (χ0) is 17.8. The minimum absolute atomic E-state index is 0.0270. The Bertz CT molecular complexity index is 920. The van der Waals surface area contributed by atoms with E-state index in [1.165, 1.54) is 11.3 Å². The number of aryl methyl sites for hydroxylation is 1. The number of aliphatic hydroxyl groups is 1. The maximum atomic E-state index is 11.9. The lowest BCUT2D eigenvalue weighted by Gasteiger charge is -2.12. The second-order valence-electron chi connectivity index (χ2n) is 5.74. The van der Waals surface area contributed by atoms with Crippen molar-refractivity contribution in [1.29, 1.82) is 0 Å². The number of hydrogen-bond acceptors (Lipinski definition) is 4. The average Bonchev–Trinajstić information content (AvgIpc) is 3.03. The number of carbonyl (C=O) groups is 2. The maximum absolute atomic E-state index is 11.9. The first-order valence-corrected chi connectivity index (χ1v) is 8.72. The van der Waals surface area contributed by atoms with Gasteiger partial charge in [0, 0.05) is 22.5 Å². The van der Waals surface area contributed by atoms with Gasteiger partial charge in [0.15, 0.2) is 0 Å². The van der Waals surface area contributed by atoms with E-state index in [9.17, 15) is 14.7 Å². The van der Waals surface area contributed by atoms with Gasteiger partial charge in [-0.3, -0.25) is 9.59 Å². The van der Waals surface area contributed by atoms with Crippen LogP contribution >= 0.6 is 11.3 Å². The van der Waals surface area contributed by atoms with E-state index < -0.39 is 17.9 Å². The number of nitrogens with one attached hydrogen (secondary N) is 2. The van der Waals surface area contributed by atoms with Gasteiger partial charge in [0.1, 0.15) is 0 Å². The zero-order valence-corrected chi connectivity index (χ0v) is 14.5. The van der Waals surface area contributed by atoms with E-state index >= 15 is 0 Å². The van der Waals surface area contributed by atoms with Crippen LogP contribution < -0.4 is 10.6 Å². The number of fused-ring (bicyclic) bond motifs is 1. The van der Waals surface area contributed by atoms with E-state index in [1.807, 2.05) is 42.6 Å². The third kappa shape index (κ3) is 4.04. The molecule has 0 fully saturated rings. The van der Waals surface area contributed by atoms with Crippen LogP contribution in [0.5, 0.6) is 0 Å². The Morgan fingerprint density at radius 1 is 1.12 bits per heavy atom. The van der Waals surface area contributed by atoms with Crippen LogP contribution in [0.15, 0.2) is 53.9 Å². The molecule has 1 unspecified atom stereocenters. The Morgan fingerprint density at radius 2 is 1.92 bits per heavy atom. The highest BCUT2D eigenvalue weighted by Crippen LogP contribution is 2.29. The minimum atomic E-state index is -0.869. The average molecular weight is 354 g/mol. The summed E-state index contributed by atoms with van der Waals surface area (Å²) in [5, 5.41) is 18.2. The fourth-order valence-electron chi connectivity index (χ4n) is 2.55. The summed E-state index contributed by atoms with van der Waals surface area (Å²) in [6.45, 7) is 1.87. The van der Waals surface area contributed by atoms with Gasteiger partial charge in [-0.1, -0.05) is 30.3 Å². The van der Waals surface area contributed by atoms with E-state index in [1.54, 1.807) is 18.2 Å². The molecule has 0 bridgehead atoms. The molecule has 2 amide bonds. The fourth-order valence-corrected chi connectivity index (χ4v) is 3.55. The number of anilines is 1. The number of carbonyl (C=O) groups excluding carboxylic acids is 2. The number of hydrogen-bond donors (Lipinski definition) is 3. The second kappa shape index (κ2) is 7.46. The van der Waals surface area contributed by atoms with Crippen LogP contribution in [0, 0.1) is 6.92 Å². The van der Waals surface area contributed by atoms with E-state index in [0.717, 1.165) is 21.2 Å². The van der Waals surface area contributed by atoms with Crippen molar-refractivity contribution >= 4 is 38.9 Å². The SMILES string of the molecule is Cc1cccc(NC(=O)C(=O)NCC(O)c2csc3ccccc23)c1. The first-order chi connectivity index (χ1) is 12.0. The van der Waals surface area contributed by atoms with Crippen LogP contribution in [-0.2, 0) is 9.59 Å². The summed E-state index contributed by atoms with van der Waals surface area (Å²) in [5.74, 6) is -1.53. The number of amides is 2. The van der Waals surface area contributed by atoms with Crippen molar-refractivity contribution in [3.63, 3.8) is 0 Å². The highest BCUT2D eigenvalue weighted by molar-refractivity contribution is 7.17. The topological polar surface area (TPSA) is 78.4 Å². The largest absolute Gasteiger partial charge is 0.387 e. The Balaban J connectivity index is 1.59. The molecule has 0 radical (unpaired) electrons. The van der Waals surface area contributed by atoms with Crippen molar-refractivity contribution < 1.29 is 14.7 Å². The summed E-state index contributed by atoms with van der Waals surface area (Å²) in [5.41, 5.74) is 2.29. The van der Waals surface area contributed by atoms with Crippen LogP contribution in [0.25, 0.3) is 10.1 Å². The first-order valence-electron chi connectivity index (χ1n) is 7.84. The lowest BCUT2D eigenvalue weighted by molar-refractivity contribution is -0.136. The quantitative estimate of drug-likeness (QED) is 0.630. The van der Waals surface area contributed by atoms with Gasteiger partial charge in [0.05, 0.1) is 6.10 Å². The Hall–Kier alpha value is -2.70. The van der Waals surface area contributed by atoms with Crippen molar-refractivity contribution in [3.05, 3.63) is 65.0 Å². The second-order valence-corrected chi connectivity index (χ2v) is 6.65. The summed E-state index contributed by atoms with van der Waals surface area (Å²) >= 11 is 1.53. The zero-order valence-electron chi connectivity index (χ0n) is 13.7. The summed E-state index contributed by atoms with van der Waals surface area (Å²) in [6.07, 6.45) is -0.869. The van der Waals surface area contributed by atoms with Gasteiger partial charge in [-0.05, 0) is 41.5 Å². The van der Waals surface area contributed by atoms with Gasteiger partial charge in [0.2, 0.25) is 0 Å². The smallest absolute Gasteiger partial charge is 0.313 e. The molecular weight excluding hydrogens is 336 g/mol. The molecule has 1 heterocycles. The van der Waals surface area contributed by atoms with Crippen LogP contribution in [0.2, 0.25) is 0 Å². The van der Waals surface area contributed by atoms with E-state index in [4.69, 9.17) is 0 Å². The van der Waals surface area contributed by atoms with E-state index in [-0.39, 0.29) is 6.54 Å². The summed E-state index contributed by atoms with van der Waals surface area (Å²) in [4.78, 5) is 23.9. The molecule has 3 rings (SSSR count). The molecular formula is C19H18N2O3S. The molecule has 2 aromatic carbocycles. The van der Waals surface area contributed by atoms with Crippen molar-refractivity contribution in [1.82, 2.24) is 5.32 Å². The predicted molar refractivity (Wildman–Crippen MR) is 99.6 cm³/mol. The minimum Gasteiger partial charge on any atom is -0.387 e. The van der Waals surface area contributed by atoms with E-state index in [2.05, 4.69) is 10.6 Å². The Kier molecular flexibility index (Phi) is 5.11. The monoisotopic (exact) mass is 354 g/mol. The summed E-state index contributed by atoms with van der Waals surface area (Å²) < 4.78 is 1.07. The lowest BCUT2D eigenvalue weighted by Crippen LogP contribution is -2.37. The number of benzene rings is 2. The fraction of sp³-hybridized carbons (Fsp3) is 0.158. The van der Waals surface area contributed by atoms with Gasteiger partial charge in [-0.15, -0.1) is 11.3 Å². The molecule has 0 saturated heterocycles. The molecule has 3 N–H and O–H groups in total. The van der Waals surface area contributed by atoms with Crippen molar-refractivity contribution in [2.75, 3.05) is 11.9 Å². The number of thiophene rings is 1. The predicted octanol–water partition coefficient (Wildman–Crippen LogP) is 3.00. The standard InChI is InChI=1S/C19H18N2O3S/c1-12-5-4-6-13(9-12)21-19(24)18(23)20-10-16(22)15-11-25-17-8-3-2-7-14(15)17/h2-9,11,16,22H,10H2,1H3,(H,20,23)(H,21,24). The number of rotatable bonds is 4. The van der Waals surface area contributed by atoms with Gasteiger partial charge in [0.25, 0.3) is 0 Å². The molecule has 0 aliphatic heterocycles. The van der Waals surface area contributed by atoms with Crippen LogP contribution in [0.3, 0.4) is 0 Å². The lowest BCUT2D eigenvalue weighted by atomic mass is 10.1. The molecule has 6 heteroatoms. The molecule has 1 aromatic heterocycles. The molecule has 0 aliphatic carbocycles. The summed E-state index contributed by atoms with van der Waals surface area (Å²) in [7, 11) is 0. The van der Waals surface area contributed by atoms with Gasteiger partial charge in [-0.25, -0.2) is 0 Å². The third-order valence-electron chi connectivity index (χ3n) is 3.81. The molecule has 0 saturated carbocycles. The molecule has 25 heavy (non-hydrogen) atoms. The first kappa shape index (κ1) is 17.1. The van der Waals surface area contributed by atoms with Gasteiger partial charge in [-0.2, -0.15) is 0 Å². The van der Waals surface area contributed by atoms with Crippen molar-refractivity contribution in [3.8, 4) is 0 Å². The highest BCUT2D eigenvalue weighted by atomic mass is 32.1. The Labute approximate surface area is 149 Å². The van der Waals surface area contributed by atoms with Crippen LogP contribution in [0.1, 0.15) is 17.2 Å². The maximum Gasteiger partial charge on any atom is 0.313 e. The van der Waals surface area contributed by atoms with Crippen LogP contribution in [0.4, 0.5) is 5.69 Å². The highest BCUT2D eigenvalue weighted by Gasteiger charge is 2.18. The van der Waals surface area contributed by atoms with Gasteiger partial charge >= 0.3 is 11.8 Å². The molecule has 128 valence electrons. The van der Waals surface area contributed by atoms with Crippen molar-refractivity contribution in [2.24, 2.45) is 0 Å². The molecule has 5 nitrogen and oxygen atoms in total. The van der Waals surface area contributed by atoms with Crippen molar-refractivity contribution in [2.45, 2.75) is 13.0 Å².